The SMILES string of the molecule is O=C1[C@H]2[C@H](C[C@H](COc3ccccc3)[C@@]3(O)O[C@H](c4ccc(CO)o4)C[C@@H]23)C(=O)N1c1cc(C(F)(F)F)cc(C(F)(F)F)c1. The van der Waals surface area contributed by atoms with E-state index in [2.05, 4.69) is 0 Å². The Morgan fingerprint density at radius 2 is 1.57 bits per heavy atom. The Labute approximate surface area is 245 Å². The molecule has 3 heterocycles. The Kier molecular flexibility index (Phi) is 7.29. The van der Waals surface area contributed by atoms with Crippen molar-refractivity contribution in [2.45, 2.75) is 43.7 Å². The molecule has 44 heavy (non-hydrogen) atoms. The van der Waals surface area contributed by atoms with Gasteiger partial charge in [-0.15, -0.1) is 0 Å². The average Bonchev–Trinajstić information content (AvgIpc) is 3.65. The van der Waals surface area contributed by atoms with Crippen molar-refractivity contribution in [3.05, 3.63) is 83.3 Å². The molecule has 0 unspecified atom stereocenters. The number of nitrogens with zero attached hydrogens (tertiary/aromatic N) is 1. The Balaban J connectivity index is 1.39. The largest absolute Gasteiger partial charge is 0.493 e. The van der Waals surface area contributed by atoms with Crippen LogP contribution in [-0.2, 0) is 33.3 Å². The fourth-order valence-corrected chi connectivity index (χ4v) is 6.54. The van der Waals surface area contributed by atoms with Crippen LogP contribution in [0.3, 0.4) is 0 Å². The summed E-state index contributed by atoms with van der Waals surface area (Å²) in [6.07, 6.45) is -11.6. The minimum absolute atomic E-state index is 0.0683. The van der Waals surface area contributed by atoms with E-state index in [4.69, 9.17) is 13.9 Å². The Morgan fingerprint density at radius 3 is 2.16 bits per heavy atom. The molecule has 2 saturated heterocycles. The van der Waals surface area contributed by atoms with E-state index >= 15 is 0 Å². The topological polar surface area (TPSA) is 109 Å². The van der Waals surface area contributed by atoms with E-state index in [0.717, 1.165) is 0 Å². The fraction of sp³-hybridized carbons (Fsp3) is 0.400. The van der Waals surface area contributed by atoms with Gasteiger partial charge in [-0.05, 0) is 55.3 Å². The molecule has 3 fully saturated rings. The maximum atomic E-state index is 13.8. The van der Waals surface area contributed by atoms with E-state index in [1.807, 2.05) is 0 Å². The number of carbonyl (C=O) groups is 2. The van der Waals surface area contributed by atoms with Crippen molar-refractivity contribution in [2.75, 3.05) is 11.5 Å². The number of para-hydroxylation sites is 1. The van der Waals surface area contributed by atoms with Gasteiger partial charge in [-0.1, -0.05) is 18.2 Å². The van der Waals surface area contributed by atoms with Crippen LogP contribution in [0.25, 0.3) is 0 Å². The molecule has 0 radical (unpaired) electrons. The van der Waals surface area contributed by atoms with E-state index in [1.54, 1.807) is 30.3 Å². The molecular weight excluding hydrogens is 600 g/mol. The molecule has 6 rings (SSSR count). The van der Waals surface area contributed by atoms with E-state index < -0.39 is 83.2 Å². The normalized spacial score (nSPS) is 28.7. The van der Waals surface area contributed by atoms with Crippen LogP contribution < -0.4 is 9.64 Å². The number of anilines is 1. The van der Waals surface area contributed by atoms with E-state index in [0.29, 0.717) is 22.8 Å². The Hall–Kier alpha value is -3.88. The lowest BCUT2D eigenvalue weighted by atomic mass is 9.64. The number of imide groups is 1. The summed E-state index contributed by atoms with van der Waals surface area (Å²) >= 11 is 0. The Morgan fingerprint density at radius 1 is 0.909 bits per heavy atom. The number of aliphatic hydroxyl groups is 2. The number of alkyl halides is 6. The van der Waals surface area contributed by atoms with Crippen molar-refractivity contribution >= 4 is 17.5 Å². The lowest BCUT2D eigenvalue weighted by molar-refractivity contribution is -0.274. The quantitative estimate of drug-likeness (QED) is 0.276. The third-order valence-electron chi connectivity index (χ3n) is 8.54. The number of hydrogen-bond acceptors (Lipinski definition) is 7. The number of benzene rings is 2. The molecule has 3 aromatic rings. The predicted octanol–water partition coefficient (Wildman–Crippen LogP) is 5.48. The number of hydrogen-bond donors (Lipinski definition) is 2. The maximum Gasteiger partial charge on any atom is 0.416 e. The molecule has 8 nitrogen and oxygen atoms in total. The summed E-state index contributed by atoms with van der Waals surface area (Å²) < 4.78 is 99.1. The lowest BCUT2D eigenvalue weighted by Crippen LogP contribution is -2.55. The molecule has 6 atom stereocenters. The van der Waals surface area contributed by atoms with Gasteiger partial charge in [0, 0.05) is 11.8 Å². The van der Waals surface area contributed by atoms with Crippen LogP contribution in [-0.4, -0.2) is 34.4 Å². The van der Waals surface area contributed by atoms with Crippen LogP contribution in [0.4, 0.5) is 32.0 Å². The highest BCUT2D eigenvalue weighted by Crippen LogP contribution is 2.59. The van der Waals surface area contributed by atoms with Gasteiger partial charge in [0.15, 0.2) is 5.79 Å². The van der Waals surface area contributed by atoms with Gasteiger partial charge in [0.2, 0.25) is 11.8 Å². The molecule has 2 aromatic carbocycles. The first kappa shape index (κ1) is 30.2. The number of carbonyl (C=O) groups excluding carboxylic acids is 2. The molecule has 2 N–H and O–H groups in total. The lowest BCUT2D eigenvalue weighted by Gasteiger charge is -2.44. The molecule has 234 valence electrons. The van der Waals surface area contributed by atoms with Crippen molar-refractivity contribution in [2.24, 2.45) is 23.7 Å². The molecular formula is C30H25F6NO7. The summed E-state index contributed by atoms with van der Waals surface area (Å²) in [5, 5.41) is 21.4. The molecule has 1 saturated carbocycles. The number of ether oxygens (including phenoxy) is 2. The zero-order chi connectivity index (χ0) is 31.6. The van der Waals surface area contributed by atoms with Gasteiger partial charge in [0.25, 0.3) is 0 Å². The Bertz CT molecular complexity index is 1540. The molecule has 0 bridgehead atoms. The third-order valence-corrected chi connectivity index (χ3v) is 8.54. The summed E-state index contributed by atoms with van der Waals surface area (Å²) in [6, 6.07) is 12.1. The molecule has 0 spiro atoms. The summed E-state index contributed by atoms with van der Waals surface area (Å²) in [4.78, 5) is 27.9. The van der Waals surface area contributed by atoms with Crippen molar-refractivity contribution in [1.82, 2.24) is 0 Å². The molecule has 1 aliphatic carbocycles. The number of furan rings is 1. The smallest absolute Gasteiger partial charge is 0.416 e. The van der Waals surface area contributed by atoms with Gasteiger partial charge in [-0.3, -0.25) is 14.5 Å². The highest BCUT2D eigenvalue weighted by molar-refractivity contribution is 6.22. The summed E-state index contributed by atoms with van der Waals surface area (Å²) in [6.45, 7) is -0.603. The monoisotopic (exact) mass is 625 g/mol. The first-order valence-corrected chi connectivity index (χ1v) is 13.7. The number of aliphatic hydroxyl groups excluding tert-OH is 1. The fourth-order valence-electron chi connectivity index (χ4n) is 6.54. The highest BCUT2D eigenvalue weighted by Gasteiger charge is 2.67. The molecule has 2 amide bonds. The van der Waals surface area contributed by atoms with Gasteiger partial charge >= 0.3 is 12.4 Å². The third kappa shape index (κ3) is 5.14. The number of halogens is 6. The minimum atomic E-state index is -5.20. The van der Waals surface area contributed by atoms with Gasteiger partial charge in [0.1, 0.15) is 30.0 Å². The van der Waals surface area contributed by atoms with Gasteiger partial charge in [0.05, 0.1) is 35.3 Å². The maximum absolute atomic E-state index is 13.8. The number of rotatable bonds is 6. The molecule has 2 aliphatic heterocycles. The first-order valence-electron chi connectivity index (χ1n) is 13.7. The van der Waals surface area contributed by atoms with Gasteiger partial charge in [-0.2, -0.15) is 26.3 Å². The zero-order valence-corrected chi connectivity index (χ0v) is 22.6. The van der Waals surface area contributed by atoms with E-state index in [9.17, 15) is 46.1 Å². The molecule has 1 aromatic heterocycles. The predicted molar refractivity (Wildman–Crippen MR) is 137 cm³/mol. The van der Waals surface area contributed by atoms with Gasteiger partial charge in [-0.25, -0.2) is 0 Å². The second-order valence-corrected chi connectivity index (χ2v) is 11.1. The second-order valence-electron chi connectivity index (χ2n) is 11.1. The van der Waals surface area contributed by atoms with Crippen molar-refractivity contribution in [3.63, 3.8) is 0 Å². The summed E-state index contributed by atoms with van der Waals surface area (Å²) in [7, 11) is 0. The van der Waals surface area contributed by atoms with Crippen LogP contribution in [0.2, 0.25) is 0 Å². The minimum Gasteiger partial charge on any atom is -0.493 e. The molecule has 14 heteroatoms. The van der Waals surface area contributed by atoms with Crippen LogP contribution in [0, 0.1) is 23.7 Å². The first-order chi connectivity index (χ1) is 20.7. The van der Waals surface area contributed by atoms with Crippen molar-refractivity contribution in [1.29, 1.82) is 0 Å². The van der Waals surface area contributed by atoms with Crippen molar-refractivity contribution < 1.29 is 60.0 Å². The second kappa shape index (κ2) is 10.6. The van der Waals surface area contributed by atoms with Crippen LogP contribution in [0.5, 0.6) is 5.75 Å². The van der Waals surface area contributed by atoms with E-state index in [1.165, 1.54) is 12.1 Å². The highest BCUT2D eigenvalue weighted by atomic mass is 19.4. The van der Waals surface area contributed by atoms with Crippen LogP contribution >= 0.6 is 0 Å². The summed E-state index contributed by atoms with van der Waals surface area (Å²) in [5.41, 5.74) is -4.22. The standard InChI is InChI=1S/C30H25F6NO7/c31-29(32,33)15-8-16(30(34,35)36)10-18(9-15)37-26(39)21-11-17(14-42-19-4-2-1-3-5-19)28(41)22(25(21)27(37)40)12-24(44-28)23-7-6-20(13-38)43-23/h1-10,17,21-22,24-25,38,41H,11-14H2/t17-,21+,22+,24+,25+,28-/m1/s1. The van der Waals surface area contributed by atoms with Gasteiger partial charge < -0.3 is 24.1 Å². The molecule has 3 aliphatic rings. The van der Waals surface area contributed by atoms with Crippen molar-refractivity contribution in [3.8, 4) is 5.75 Å². The zero-order valence-electron chi connectivity index (χ0n) is 22.6. The summed E-state index contributed by atoms with van der Waals surface area (Å²) in [5.74, 6) is -7.79. The van der Waals surface area contributed by atoms with Crippen LogP contribution in [0.15, 0.2) is 65.1 Å². The van der Waals surface area contributed by atoms with Crippen LogP contribution in [0.1, 0.15) is 41.6 Å². The van der Waals surface area contributed by atoms with E-state index in [-0.39, 0.29) is 37.0 Å². The average molecular weight is 626 g/mol. The number of fused-ring (bicyclic) bond motifs is 3. The number of amides is 2.